The van der Waals surface area contributed by atoms with Crippen molar-refractivity contribution < 1.29 is 0 Å². The summed E-state index contributed by atoms with van der Waals surface area (Å²) in [6.07, 6.45) is 4.99. The van der Waals surface area contributed by atoms with Crippen molar-refractivity contribution in [3.05, 3.63) is 28.1 Å². The fourth-order valence-electron chi connectivity index (χ4n) is 2.33. The first kappa shape index (κ1) is 21.9. The molecular weight excluding hydrogens is 344 g/mol. The van der Waals surface area contributed by atoms with E-state index in [4.69, 9.17) is 11.5 Å². The summed E-state index contributed by atoms with van der Waals surface area (Å²) < 4.78 is 0. The molecule has 0 saturated heterocycles. The summed E-state index contributed by atoms with van der Waals surface area (Å²) in [5.74, 6) is 0.978. The smallest absolute Gasteiger partial charge is 0.278 e. The van der Waals surface area contributed by atoms with Crippen molar-refractivity contribution in [2.75, 3.05) is 11.5 Å². The summed E-state index contributed by atoms with van der Waals surface area (Å²) in [5.41, 5.74) is 13.4. The van der Waals surface area contributed by atoms with Crippen LogP contribution in [0.5, 0.6) is 0 Å². The number of aliphatic imine (C=N–C) groups is 2. The van der Waals surface area contributed by atoms with E-state index in [0.717, 1.165) is 11.4 Å². The van der Waals surface area contributed by atoms with Crippen LogP contribution in [0.25, 0.3) is 0 Å². The monoisotopic (exact) mass is 372 g/mol. The Labute approximate surface area is 159 Å². The van der Waals surface area contributed by atoms with Crippen LogP contribution in [0, 0.1) is 0 Å². The predicted octanol–water partition coefficient (Wildman–Crippen LogP) is 3.10. The van der Waals surface area contributed by atoms with Crippen molar-refractivity contribution in [1.29, 1.82) is 0 Å². The molecule has 2 aromatic heterocycles. The van der Waals surface area contributed by atoms with Gasteiger partial charge in [-0.3, -0.25) is 19.8 Å². The van der Waals surface area contributed by atoms with Gasteiger partial charge in [-0.05, 0) is 0 Å². The Kier molecular flexibility index (Phi) is 8.25. The number of nitrogens with one attached hydrogen (secondary N) is 1. The number of anilines is 2. The zero-order chi connectivity index (χ0) is 20.6. The predicted molar refractivity (Wildman–Crippen MR) is 112 cm³/mol. The molecule has 0 bridgehead atoms. The minimum Gasteiger partial charge on any atom is -0.382 e. The first-order chi connectivity index (χ1) is 13.0. The number of H-pyrrole nitrogens is 1. The Bertz CT molecular complexity index is 872. The quantitative estimate of drug-likeness (QED) is 0.647. The van der Waals surface area contributed by atoms with Gasteiger partial charge in [0, 0.05) is 24.3 Å². The Morgan fingerprint density at radius 3 is 2.04 bits per heavy atom. The summed E-state index contributed by atoms with van der Waals surface area (Å²) in [4.78, 5) is 33.5. The second-order valence-electron chi connectivity index (χ2n) is 5.31. The molecule has 0 amide bonds. The Morgan fingerprint density at radius 2 is 1.44 bits per heavy atom. The minimum atomic E-state index is -0.266. The lowest BCUT2D eigenvalue weighted by molar-refractivity contribution is 0.969. The van der Waals surface area contributed by atoms with E-state index >= 15 is 0 Å². The Morgan fingerprint density at radius 1 is 0.889 bits per heavy atom. The van der Waals surface area contributed by atoms with E-state index in [1.165, 1.54) is 6.33 Å². The SMILES string of the molecule is CC.CC.CC1C=Nc2c(N)ncnc21.CC1C=Nc2c1nc(N)[nH]c2=O. The van der Waals surface area contributed by atoms with Crippen LogP contribution in [0.3, 0.4) is 0 Å². The maximum absolute atomic E-state index is 11.2. The molecule has 2 atom stereocenters. The number of aromatic nitrogens is 4. The molecule has 0 saturated carbocycles. The largest absolute Gasteiger partial charge is 0.382 e. The molecule has 4 rings (SSSR count). The van der Waals surface area contributed by atoms with E-state index in [-0.39, 0.29) is 23.3 Å². The summed E-state index contributed by atoms with van der Waals surface area (Å²) >= 11 is 0. The van der Waals surface area contributed by atoms with Gasteiger partial charge < -0.3 is 11.5 Å². The third-order valence-electron chi connectivity index (χ3n) is 3.54. The van der Waals surface area contributed by atoms with Crippen molar-refractivity contribution in [2.24, 2.45) is 9.98 Å². The molecule has 9 heteroatoms. The van der Waals surface area contributed by atoms with E-state index in [1.807, 2.05) is 47.8 Å². The lowest BCUT2D eigenvalue weighted by Crippen LogP contribution is -2.12. The highest BCUT2D eigenvalue weighted by molar-refractivity contribution is 5.82. The molecule has 2 aromatic rings. The summed E-state index contributed by atoms with van der Waals surface area (Å²) in [6.45, 7) is 11.9. The first-order valence-corrected chi connectivity index (χ1v) is 9.05. The van der Waals surface area contributed by atoms with Gasteiger partial charge in [-0.25, -0.2) is 15.0 Å². The topological polar surface area (TPSA) is 148 Å². The number of fused-ring (bicyclic) bond motifs is 2. The van der Waals surface area contributed by atoms with Crippen LogP contribution in [0.15, 0.2) is 21.1 Å². The van der Waals surface area contributed by atoms with Gasteiger partial charge in [0.05, 0.1) is 11.4 Å². The Balaban J connectivity index is 0.000000229. The van der Waals surface area contributed by atoms with E-state index in [9.17, 15) is 4.79 Å². The van der Waals surface area contributed by atoms with Crippen molar-refractivity contribution >= 4 is 35.6 Å². The molecule has 0 spiro atoms. The van der Waals surface area contributed by atoms with Crippen molar-refractivity contribution in [1.82, 2.24) is 19.9 Å². The highest BCUT2D eigenvalue weighted by Crippen LogP contribution is 2.32. The van der Waals surface area contributed by atoms with Gasteiger partial charge in [0.25, 0.3) is 5.56 Å². The fraction of sp³-hybridized carbons (Fsp3) is 0.444. The van der Waals surface area contributed by atoms with E-state index in [0.29, 0.717) is 17.2 Å². The van der Waals surface area contributed by atoms with E-state index in [2.05, 4.69) is 29.9 Å². The summed E-state index contributed by atoms with van der Waals surface area (Å²) in [5, 5.41) is 0. The number of nitrogen functional groups attached to an aromatic ring is 2. The molecule has 0 radical (unpaired) electrons. The Hall–Kier alpha value is -3.10. The average molecular weight is 372 g/mol. The number of hydrogen-bond donors (Lipinski definition) is 3. The van der Waals surface area contributed by atoms with Gasteiger partial charge in [0.2, 0.25) is 5.95 Å². The maximum Gasteiger partial charge on any atom is 0.278 e. The van der Waals surface area contributed by atoms with Crippen LogP contribution >= 0.6 is 0 Å². The number of rotatable bonds is 0. The van der Waals surface area contributed by atoms with Crippen molar-refractivity contribution in [3.8, 4) is 0 Å². The molecule has 2 aliphatic heterocycles. The molecular formula is C18H28N8O. The van der Waals surface area contributed by atoms with Crippen LogP contribution in [0.4, 0.5) is 23.1 Å². The lowest BCUT2D eigenvalue weighted by Gasteiger charge is -2.00. The van der Waals surface area contributed by atoms with E-state index < -0.39 is 0 Å². The minimum absolute atomic E-state index is 0.0876. The van der Waals surface area contributed by atoms with Crippen LogP contribution in [0.1, 0.15) is 64.8 Å². The van der Waals surface area contributed by atoms with Gasteiger partial charge in [0.1, 0.15) is 17.7 Å². The molecule has 0 fully saturated rings. The molecule has 0 aliphatic carbocycles. The normalized spacial score (nSPS) is 17.4. The van der Waals surface area contributed by atoms with Crippen LogP contribution < -0.4 is 17.0 Å². The molecule has 4 heterocycles. The molecule has 27 heavy (non-hydrogen) atoms. The van der Waals surface area contributed by atoms with Crippen LogP contribution in [0.2, 0.25) is 0 Å². The molecule has 2 unspecified atom stereocenters. The van der Waals surface area contributed by atoms with Crippen LogP contribution in [-0.2, 0) is 0 Å². The third-order valence-corrected chi connectivity index (χ3v) is 3.54. The summed E-state index contributed by atoms with van der Waals surface area (Å²) in [7, 11) is 0. The van der Waals surface area contributed by atoms with Gasteiger partial charge in [-0.1, -0.05) is 41.5 Å². The zero-order valence-corrected chi connectivity index (χ0v) is 16.7. The zero-order valence-electron chi connectivity index (χ0n) is 16.7. The molecule has 2 aliphatic rings. The van der Waals surface area contributed by atoms with Gasteiger partial charge in [0.15, 0.2) is 5.82 Å². The molecule has 5 N–H and O–H groups in total. The van der Waals surface area contributed by atoms with E-state index in [1.54, 1.807) is 6.21 Å². The van der Waals surface area contributed by atoms with Crippen molar-refractivity contribution in [2.45, 2.75) is 53.4 Å². The number of hydrogen-bond acceptors (Lipinski definition) is 8. The average Bonchev–Trinajstić information content (AvgIpc) is 3.24. The molecule has 9 nitrogen and oxygen atoms in total. The van der Waals surface area contributed by atoms with Crippen LogP contribution in [-0.4, -0.2) is 32.4 Å². The standard InChI is InChI=1S/C7H8N4O.C7H8N4.2C2H6/c1-3-2-9-5-4(3)10-7(8)11-6(5)12;1-4-2-9-6-5(4)10-3-11-7(6)8;2*1-2/h2-3H,1H3,(H3,8,10,11,12);2-4H,1H3,(H2,8,10,11);2*1-2H3. The number of nitrogens with zero attached hydrogens (tertiary/aromatic N) is 5. The second-order valence-corrected chi connectivity index (χ2v) is 5.31. The van der Waals surface area contributed by atoms with Gasteiger partial charge in [-0.15, -0.1) is 0 Å². The number of aromatic amines is 1. The second kappa shape index (κ2) is 10.1. The van der Waals surface area contributed by atoms with Crippen molar-refractivity contribution in [3.63, 3.8) is 0 Å². The molecule has 0 aromatic carbocycles. The highest BCUT2D eigenvalue weighted by atomic mass is 16.1. The molecule has 146 valence electrons. The lowest BCUT2D eigenvalue weighted by atomic mass is 10.1. The first-order valence-electron chi connectivity index (χ1n) is 9.05. The van der Waals surface area contributed by atoms with Gasteiger partial charge >= 0.3 is 0 Å². The number of nitrogens with two attached hydrogens (primary N) is 2. The third kappa shape index (κ3) is 4.96. The van der Waals surface area contributed by atoms with Gasteiger partial charge in [-0.2, -0.15) is 0 Å². The summed E-state index contributed by atoms with van der Waals surface area (Å²) in [6, 6.07) is 0. The maximum atomic E-state index is 11.2. The fourth-order valence-corrected chi connectivity index (χ4v) is 2.33. The highest BCUT2D eigenvalue weighted by Gasteiger charge is 2.19.